The van der Waals surface area contributed by atoms with Crippen molar-refractivity contribution in [2.45, 2.75) is 52.5 Å². The number of amides is 2. The van der Waals surface area contributed by atoms with Crippen LogP contribution < -0.4 is 10.6 Å². The Morgan fingerprint density at radius 1 is 0.865 bits per heavy atom. The molecule has 37 heavy (non-hydrogen) atoms. The van der Waals surface area contributed by atoms with Crippen molar-refractivity contribution in [1.29, 1.82) is 0 Å². The Hall–Kier alpha value is -4.00. The third-order valence-electron chi connectivity index (χ3n) is 6.23. The Bertz CT molecular complexity index is 1170. The van der Waals surface area contributed by atoms with E-state index in [9.17, 15) is 19.5 Å². The number of carboxylic acids is 1. The third-order valence-corrected chi connectivity index (χ3v) is 6.23. The number of anilines is 1. The molecule has 194 valence electrons. The van der Waals surface area contributed by atoms with Gasteiger partial charge < -0.3 is 15.7 Å². The van der Waals surface area contributed by atoms with Crippen molar-refractivity contribution in [3.05, 3.63) is 84.7 Å². The molecule has 2 atom stereocenters. The van der Waals surface area contributed by atoms with E-state index in [4.69, 9.17) is 0 Å². The molecule has 0 aliphatic carbocycles. The number of aromatic nitrogens is 1. The molecule has 0 saturated carbocycles. The van der Waals surface area contributed by atoms with Gasteiger partial charge in [-0.05, 0) is 53.5 Å². The third kappa shape index (κ3) is 8.56. The lowest BCUT2D eigenvalue weighted by Crippen LogP contribution is -2.53. The predicted molar refractivity (Wildman–Crippen MR) is 145 cm³/mol. The van der Waals surface area contributed by atoms with Gasteiger partial charge in [0, 0.05) is 24.0 Å². The van der Waals surface area contributed by atoms with Crippen molar-refractivity contribution < 1.29 is 19.5 Å². The van der Waals surface area contributed by atoms with Gasteiger partial charge in [0.15, 0.2) is 0 Å². The van der Waals surface area contributed by atoms with Crippen LogP contribution in [0, 0.1) is 11.3 Å². The summed E-state index contributed by atoms with van der Waals surface area (Å²) in [6.45, 7) is 5.57. The number of benzene rings is 2. The van der Waals surface area contributed by atoms with Gasteiger partial charge in [0.25, 0.3) is 0 Å². The van der Waals surface area contributed by atoms with Crippen LogP contribution in [0.2, 0.25) is 0 Å². The SMILES string of the molecule is CC(C)(C)C(NC(=O)C(CCCc1ccc(-c2ccccc2)cc1)CC(=O)O)C(=O)Nc1ccncc1. The minimum atomic E-state index is -1.04. The number of hydrogen-bond acceptors (Lipinski definition) is 4. The van der Waals surface area contributed by atoms with E-state index in [1.165, 1.54) is 0 Å². The first-order valence-corrected chi connectivity index (χ1v) is 12.5. The van der Waals surface area contributed by atoms with E-state index in [0.717, 1.165) is 23.1 Å². The average Bonchev–Trinajstić information content (AvgIpc) is 2.87. The Morgan fingerprint density at radius 2 is 1.49 bits per heavy atom. The molecule has 0 aliphatic rings. The molecule has 1 aromatic heterocycles. The van der Waals surface area contributed by atoms with E-state index in [1.807, 2.05) is 39.0 Å². The molecule has 0 saturated heterocycles. The van der Waals surface area contributed by atoms with Crippen molar-refractivity contribution >= 4 is 23.5 Å². The number of aryl methyl sites for hydroxylation is 1. The number of carbonyl (C=O) groups is 3. The standard InChI is InChI=1S/C30H35N3O4/c1-30(2,3)27(29(37)32-25-16-18-31-19-17-25)33-28(36)24(20-26(34)35)11-7-8-21-12-14-23(15-13-21)22-9-5-4-6-10-22/h4-6,9-10,12-19,24,27H,7-8,11,20H2,1-3H3,(H,33,36)(H,34,35)(H,31,32,37). The Balaban J connectivity index is 1.62. The molecule has 1 heterocycles. The molecule has 0 aliphatic heterocycles. The van der Waals surface area contributed by atoms with Crippen LogP contribution >= 0.6 is 0 Å². The average molecular weight is 502 g/mol. The van der Waals surface area contributed by atoms with E-state index in [1.54, 1.807) is 24.5 Å². The smallest absolute Gasteiger partial charge is 0.304 e. The van der Waals surface area contributed by atoms with Crippen LogP contribution in [0.15, 0.2) is 79.1 Å². The Morgan fingerprint density at radius 3 is 2.08 bits per heavy atom. The summed E-state index contributed by atoms with van der Waals surface area (Å²) in [6.07, 6.45) is 4.63. The first-order chi connectivity index (χ1) is 17.6. The number of pyridine rings is 1. The second-order valence-electron chi connectivity index (χ2n) is 10.3. The van der Waals surface area contributed by atoms with E-state index < -0.39 is 29.3 Å². The number of nitrogens with zero attached hydrogens (tertiary/aromatic N) is 1. The molecular formula is C30H35N3O4. The van der Waals surface area contributed by atoms with Crippen molar-refractivity contribution in [1.82, 2.24) is 10.3 Å². The minimum absolute atomic E-state index is 0.290. The summed E-state index contributed by atoms with van der Waals surface area (Å²) in [5, 5.41) is 15.1. The highest BCUT2D eigenvalue weighted by atomic mass is 16.4. The maximum absolute atomic E-state index is 13.2. The van der Waals surface area contributed by atoms with Crippen LogP contribution in [0.1, 0.15) is 45.6 Å². The largest absolute Gasteiger partial charge is 0.481 e. The number of aliphatic carboxylic acids is 1. The first-order valence-electron chi connectivity index (χ1n) is 12.5. The fraction of sp³-hybridized carbons (Fsp3) is 0.333. The van der Waals surface area contributed by atoms with Crippen molar-refractivity contribution in [2.24, 2.45) is 11.3 Å². The number of nitrogens with one attached hydrogen (secondary N) is 2. The van der Waals surface area contributed by atoms with Gasteiger partial charge >= 0.3 is 5.97 Å². The van der Waals surface area contributed by atoms with Gasteiger partial charge in [-0.3, -0.25) is 19.4 Å². The second-order valence-corrected chi connectivity index (χ2v) is 10.3. The fourth-order valence-corrected chi connectivity index (χ4v) is 4.17. The molecule has 3 rings (SSSR count). The predicted octanol–water partition coefficient (Wildman–Crippen LogP) is 5.33. The lowest BCUT2D eigenvalue weighted by atomic mass is 9.85. The number of carboxylic acid groups (broad SMARTS) is 1. The zero-order valence-electron chi connectivity index (χ0n) is 21.6. The maximum atomic E-state index is 13.2. The normalized spacial score (nSPS) is 12.8. The van der Waals surface area contributed by atoms with E-state index in [0.29, 0.717) is 18.5 Å². The van der Waals surface area contributed by atoms with Gasteiger partial charge in [-0.15, -0.1) is 0 Å². The molecule has 0 spiro atoms. The lowest BCUT2D eigenvalue weighted by molar-refractivity contribution is -0.141. The molecule has 2 amide bonds. The quantitative estimate of drug-likeness (QED) is 0.329. The van der Waals surface area contributed by atoms with Gasteiger partial charge in [0.1, 0.15) is 6.04 Å². The molecule has 7 heteroatoms. The topological polar surface area (TPSA) is 108 Å². The molecular weight excluding hydrogens is 466 g/mol. The molecule has 3 N–H and O–H groups in total. The lowest BCUT2D eigenvalue weighted by Gasteiger charge is -2.31. The van der Waals surface area contributed by atoms with Crippen molar-refractivity contribution in [3.63, 3.8) is 0 Å². The Labute approximate surface area is 218 Å². The molecule has 7 nitrogen and oxygen atoms in total. The highest BCUT2D eigenvalue weighted by Crippen LogP contribution is 2.24. The first kappa shape index (κ1) is 27.6. The summed E-state index contributed by atoms with van der Waals surface area (Å²) >= 11 is 0. The van der Waals surface area contributed by atoms with E-state index >= 15 is 0 Å². The number of carbonyl (C=O) groups excluding carboxylic acids is 2. The zero-order valence-corrected chi connectivity index (χ0v) is 21.6. The van der Waals surface area contributed by atoms with Gasteiger partial charge in [0.2, 0.25) is 11.8 Å². The van der Waals surface area contributed by atoms with E-state index in [-0.39, 0.29) is 12.3 Å². The number of hydrogen-bond donors (Lipinski definition) is 3. The second kappa shape index (κ2) is 12.8. The molecule has 0 fully saturated rings. The summed E-state index contributed by atoms with van der Waals surface area (Å²) in [4.78, 5) is 41.6. The van der Waals surface area contributed by atoms with Gasteiger partial charge in [-0.25, -0.2) is 0 Å². The summed E-state index contributed by atoms with van der Waals surface area (Å²) in [5.74, 6) is -2.56. The monoisotopic (exact) mass is 501 g/mol. The fourth-order valence-electron chi connectivity index (χ4n) is 4.17. The highest BCUT2D eigenvalue weighted by molar-refractivity contribution is 5.98. The minimum Gasteiger partial charge on any atom is -0.481 e. The van der Waals surface area contributed by atoms with Crippen molar-refractivity contribution in [3.8, 4) is 11.1 Å². The molecule has 3 aromatic rings. The Kier molecular flexibility index (Phi) is 9.55. The molecule has 2 aromatic carbocycles. The van der Waals surface area contributed by atoms with Crippen LogP contribution in [0.3, 0.4) is 0 Å². The summed E-state index contributed by atoms with van der Waals surface area (Å²) in [6, 6.07) is 20.9. The van der Waals surface area contributed by atoms with Crippen LogP contribution in [0.25, 0.3) is 11.1 Å². The molecule has 0 bridgehead atoms. The highest BCUT2D eigenvalue weighted by Gasteiger charge is 2.35. The van der Waals surface area contributed by atoms with Gasteiger partial charge in [-0.1, -0.05) is 75.4 Å². The zero-order chi connectivity index (χ0) is 26.8. The van der Waals surface area contributed by atoms with Crippen LogP contribution in [-0.2, 0) is 20.8 Å². The summed E-state index contributed by atoms with van der Waals surface area (Å²) in [7, 11) is 0. The van der Waals surface area contributed by atoms with E-state index in [2.05, 4.69) is 52.0 Å². The summed E-state index contributed by atoms with van der Waals surface area (Å²) < 4.78 is 0. The van der Waals surface area contributed by atoms with Crippen LogP contribution in [0.5, 0.6) is 0 Å². The molecule has 0 radical (unpaired) electrons. The molecule has 2 unspecified atom stereocenters. The number of rotatable bonds is 11. The summed E-state index contributed by atoms with van der Waals surface area (Å²) in [5.41, 5.74) is 3.39. The van der Waals surface area contributed by atoms with Gasteiger partial charge in [-0.2, -0.15) is 0 Å². The van der Waals surface area contributed by atoms with Gasteiger partial charge in [0.05, 0.1) is 6.42 Å². The van der Waals surface area contributed by atoms with Crippen LogP contribution in [0.4, 0.5) is 5.69 Å². The maximum Gasteiger partial charge on any atom is 0.304 e. The van der Waals surface area contributed by atoms with Crippen LogP contribution in [-0.4, -0.2) is 33.9 Å². The van der Waals surface area contributed by atoms with Crippen molar-refractivity contribution in [2.75, 3.05) is 5.32 Å².